The summed E-state index contributed by atoms with van der Waals surface area (Å²) >= 11 is 0. The predicted molar refractivity (Wildman–Crippen MR) is 366 cm³/mol. The summed E-state index contributed by atoms with van der Waals surface area (Å²) in [5.74, 6) is -4.84. The summed E-state index contributed by atoms with van der Waals surface area (Å²) in [5.41, 5.74) is -16.8. The van der Waals surface area contributed by atoms with E-state index >= 15 is 0 Å². The molecule has 0 heterocycles. The van der Waals surface area contributed by atoms with Crippen molar-refractivity contribution in [3.8, 4) is 0 Å². The fourth-order valence-corrected chi connectivity index (χ4v) is 12.7. The lowest BCUT2D eigenvalue weighted by Gasteiger charge is -2.46. The van der Waals surface area contributed by atoms with Crippen LogP contribution in [0.15, 0.2) is 54.6 Å². The van der Waals surface area contributed by atoms with Crippen molar-refractivity contribution in [2.75, 3.05) is 0 Å². The van der Waals surface area contributed by atoms with Crippen LogP contribution in [0, 0.1) is 39.9 Å². The first-order valence-corrected chi connectivity index (χ1v) is 35.3. The van der Waals surface area contributed by atoms with Crippen molar-refractivity contribution in [2.24, 2.45) is 39.9 Å². The third-order valence-electron chi connectivity index (χ3n) is 24.0. The Labute approximate surface area is 607 Å². The number of rotatable bonds is 17. The molecule has 9 unspecified atom stereocenters. The summed E-state index contributed by atoms with van der Waals surface area (Å²) in [6.45, 7) is 36.4. The summed E-state index contributed by atoms with van der Waals surface area (Å²) in [7, 11) is 0. The number of halogens is 18. The van der Waals surface area contributed by atoms with Crippen molar-refractivity contribution in [1.29, 1.82) is 0 Å². The van der Waals surface area contributed by atoms with E-state index in [1.54, 1.807) is 71.9 Å². The molecule has 3 aromatic carbocycles. The normalized spacial score (nSPS) is 23.5. The number of hydrogen-bond donors (Lipinski definition) is 6. The largest absolute Gasteiger partial charge is 0.462 e. The fraction of sp³-hybridized carbons (Fsp3) is 0.766. The topological polar surface area (TPSA) is 174 Å². The molecule has 2 fully saturated rings. The maximum atomic E-state index is 13.3. The van der Waals surface area contributed by atoms with Crippen LogP contribution < -0.4 is 0 Å². The molecule has 6 N–H and O–H groups in total. The lowest BCUT2D eigenvalue weighted by Crippen LogP contribution is -2.57. The van der Waals surface area contributed by atoms with E-state index in [-0.39, 0.29) is 32.8 Å². The Balaban J connectivity index is 0.000000451. The first-order valence-electron chi connectivity index (χ1n) is 35.3. The van der Waals surface area contributed by atoms with Gasteiger partial charge in [0.1, 0.15) is 12.2 Å². The molecule has 105 heavy (non-hydrogen) atoms. The van der Waals surface area contributed by atoms with Crippen molar-refractivity contribution in [1.82, 2.24) is 0 Å². The highest BCUT2D eigenvalue weighted by molar-refractivity contribution is 5.96. The number of carbonyl (C=O) groups excluding carboxylic acids is 2. The van der Waals surface area contributed by atoms with Gasteiger partial charge in [0.05, 0.1) is 10.8 Å². The van der Waals surface area contributed by atoms with Crippen molar-refractivity contribution < 1.29 is 129 Å². The SMILES string of the molecule is CC1(C)c2cccc3c(C(C)(O)C(F)(F)F)ccc(c23)C1(C)C.CCC(C)(C)C(=O)OC(C)CC(C)(O)C(F)(F)F.CCC(C)(C)C(=O)OC1CC(C(C)(O)C(F)(F)F)CC(C(C)(O)C(F)(F)F)C1.CCC(C)(C)C1CCC(C(C)(O)C(F)(F)F)CC1.CCC(C)(C)c1ccc(C(C)(O)C(F)(F)F)cc1. The highest BCUT2D eigenvalue weighted by Crippen LogP contribution is 2.57. The molecule has 0 saturated heterocycles. The van der Waals surface area contributed by atoms with Crippen LogP contribution in [0.2, 0.25) is 0 Å². The molecule has 608 valence electrons. The molecule has 2 saturated carbocycles. The summed E-state index contributed by atoms with van der Waals surface area (Å²) in [6.07, 6.45) is -28.1. The first-order chi connectivity index (χ1) is 46.5. The second-order valence-electron chi connectivity index (χ2n) is 33.7. The van der Waals surface area contributed by atoms with Gasteiger partial charge >= 0.3 is 49.0 Å². The molecule has 0 bridgehead atoms. The van der Waals surface area contributed by atoms with Gasteiger partial charge in [-0.3, -0.25) is 9.59 Å². The number of alkyl halides is 18. The number of aliphatic hydroxyl groups is 6. The highest BCUT2D eigenvalue weighted by atomic mass is 19.4. The Kier molecular flexibility index (Phi) is 30.1. The van der Waals surface area contributed by atoms with Crippen LogP contribution in [0.5, 0.6) is 0 Å². The van der Waals surface area contributed by atoms with Crippen LogP contribution in [-0.4, -0.2) is 114 Å². The predicted octanol–water partition coefficient (Wildman–Crippen LogP) is 21.3. The van der Waals surface area contributed by atoms with Gasteiger partial charge in [-0.05, 0) is 207 Å². The molecule has 3 aliphatic carbocycles. The molecule has 0 aliphatic heterocycles. The Hall–Kier alpha value is -4.64. The maximum Gasteiger partial charge on any atom is 0.421 e. The van der Waals surface area contributed by atoms with Crippen LogP contribution in [0.3, 0.4) is 0 Å². The van der Waals surface area contributed by atoms with Crippen LogP contribution in [-0.2, 0) is 46.5 Å². The van der Waals surface area contributed by atoms with E-state index in [0.29, 0.717) is 57.8 Å². The minimum absolute atomic E-state index is 0.0807. The Morgan fingerprint density at radius 3 is 1.17 bits per heavy atom. The first kappa shape index (κ1) is 96.4. The molecular formula is C77H114F18O10. The van der Waals surface area contributed by atoms with Crippen molar-refractivity contribution >= 4 is 22.7 Å². The molecule has 0 aromatic heterocycles. The second-order valence-corrected chi connectivity index (χ2v) is 33.7. The molecule has 28 heteroatoms. The molecule has 0 amide bonds. The molecule has 0 spiro atoms. The monoisotopic (exact) mass is 1540 g/mol. The minimum Gasteiger partial charge on any atom is -0.462 e. The summed E-state index contributed by atoms with van der Waals surface area (Å²) in [5, 5.41) is 60.0. The molecule has 9 atom stereocenters. The zero-order valence-electron chi connectivity index (χ0n) is 64.8. The molecule has 0 radical (unpaired) electrons. The smallest absolute Gasteiger partial charge is 0.421 e. The summed E-state index contributed by atoms with van der Waals surface area (Å²) < 4.78 is 243. The van der Waals surface area contributed by atoms with E-state index in [9.17, 15) is 119 Å². The van der Waals surface area contributed by atoms with Gasteiger partial charge in [-0.25, -0.2) is 0 Å². The number of esters is 2. The van der Waals surface area contributed by atoms with E-state index in [0.717, 1.165) is 68.5 Å². The molecule has 3 aliphatic rings. The van der Waals surface area contributed by atoms with Crippen LogP contribution in [0.25, 0.3) is 10.8 Å². The lowest BCUT2D eigenvalue weighted by atomic mass is 9.65. The quantitative estimate of drug-likeness (QED) is 0.0564. The van der Waals surface area contributed by atoms with E-state index in [1.165, 1.54) is 25.1 Å². The second kappa shape index (κ2) is 32.7. The zero-order chi connectivity index (χ0) is 82.9. The minimum atomic E-state index is -5.10. The van der Waals surface area contributed by atoms with E-state index in [4.69, 9.17) is 9.47 Å². The summed E-state index contributed by atoms with van der Waals surface area (Å²) in [6, 6.07) is 14.6. The standard InChI is InChI=1S/C19H21F3O.C18H28F6O4.C14H25F3O.C14H19F3O.C12H21F3O3/c1-16(2)13-8-6-7-11-12(18(5,23)19(20,21)22)9-10-14(15(11)13)17(16,3)4;1-6-14(2,3)13(25)28-12-8-10(15(4,26)17(19,20)21)7-11(9-12)16(5,27)18(22,23)24;2*1-5-12(2,3)10-6-8-11(9-7-10)13(4,18)14(15,16)17;1-6-10(3,4)9(16)18-8(2)7-11(5,17)12(13,14)15/h6-10,23H,1-5H3;10-12,26-27H,6-9H2,1-5H3;10-11,18H,5-9H2,1-4H3;6-9,18H,5H2,1-4H3;8,17H,6-7H2,1-5H3. The van der Waals surface area contributed by atoms with Gasteiger partial charge in [0.15, 0.2) is 33.6 Å². The van der Waals surface area contributed by atoms with Crippen LogP contribution in [0.1, 0.15) is 264 Å². The van der Waals surface area contributed by atoms with E-state index in [1.807, 2.05) is 26.8 Å². The van der Waals surface area contributed by atoms with Crippen LogP contribution in [0.4, 0.5) is 79.0 Å². The van der Waals surface area contributed by atoms with Crippen molar-refractivity contribution in [3.63, 3.8) is 0 Å². The fourth-order valence-electron chi connectivity index (χ4n) is 12.7. The van der Waals surface area contributed by atoms with Gasteiger partial charge < -0.3 is 40.1 Å². The van der Waals surface area contributed by atoms with Gasteiger partial charge in [0.25, 0.3) is 0 Å². The Morgan fingerprint density at radius 2 is 0.810 bits per heavy atom. The van der Waals surface area contributed by atoms with Gasteiger partial charge in [-0.2, -0.15) is 79.0 Å². The maximum absolute atomic E-state index is 13.3. The van der Waals surface area contributed by atoms with Gasteiger partial charge in [0.2, 0.25) is 0 Å². The Morgan fingerprint density at radius 1 is 0.438 bits per heavy atom. The lowest BCUT2D eigenvalue weighted by molar-refractivity contribution is -0.299. The van der Waals surface area contributed by atoms with Gasteiger partial charge in [-0.15, -0.1) is 0 Å². The Bertz CT molecular complexity index is 3260. The average molecular weight is 1540 g/mol. The molecule has 6 rings (SSSR count). The van der Waals surface area contributed by atoms with E-state index < -0.39 is 149 Å². The van der Waals surface area contributed by atoms with Gasteiger partial charge in [0, 0.05) is 23.8 Å². The number of carbonyl (C=O) groups is 2. The third-order valence-corrected chi connectivity index (χ3v) is 24.0. The summed E-state index contributed by atoms with van der Waals surface area (Å²) in [4.78, 5) is 23.9. The number of hydrogen-bond acceptors (Lipinski definition) is 10. The van der Waals surface area contributed by atoms with Crippen LogP contribution >= 0.6 is 0 Å². The molecule has 3 aromatic rings. The van der Waals surface area contributed by atoms with Gasteiger partial charge in [-0.1, -0.05) is 144 Å². The number of benzene rings is 3. The van der Waals surface area contributed by atoms with Crippen molar-refractivity contribution in [3.05, 3.63) is 82.4 Å². The van der Waals surface area contributed by atoms with E-state index in [2.05, 4.69) is 48.5 Å². The molecule has 10 nitrogen and oxygen atoms in total. The number of ether oxygens (including phenoxy) is 2. The zero-order valence-corrected chi connectivity index (χ0v) is 64.8. The average Bonchev–Trinajstić information content (AvgIpc) is 1.54. The third kappa shape index (κ3) is 21.7. The van der Waals surface area contributed by atoms with Crippen molar-refractivity contribution in [2.45, 2.75) is 335 Å². The highest BCUT2D eigenvalue weighted by Gasteiger charge is 2.63. The molecular weight excluding hydrogens is 1430 g/mol.